The highest BCUT2D eigenvalue weighted by molar-refractivity contribution is 5.92. The first-order valence-electron chi connectivity index (χ1n) is 9.92. The number of hydrogen-bond acceptors (Lipinski definition) is 9. The number of ether oxygens (including phenoxy) is 3. The zero-order chi connectivity index (χ0) is 23.4. The largest absolute Gasteiger partial charge is 0.872 e. The van der Waals surface area contributed by atoms with Gasteiger partial charge in [0.15, 0.2) is 0 Å². The van der Waals surface area contributed by atoms with Crippen molar-refractivity contribution in [2.75, 3.05) is 13.7 Å². The maximum absolute atomic E-state index is 12.4. The number of aliphatic hydroxyl groups excluding tert-OH is 4. The molecule has 3 rings (SSSR count). The number of methoxy groups -OCH3 is 1. The molecular formula is C22H25O10-. The lowest BCUT2D eigenvalue weighted by atomic mass is 9.98. The lowest BCUT2D eigenvalue weighted by molar-refractivity contribution is -0.279. The van der Waals surface area contributed by atoms with Crippen molar-refractivity contribution in [2.24, 2.45) is 0 Å². The summed E-state index contributed by atoms with van der Waals surface area (Å²) in [5.74, 6) is -1.56. The van der Waals surface area contributed by atoms with Crippen molar-refractivity contribution in [1.82, 2.24) is 0 Å². The number of aliphatic hydroxyl groups is 4. The van der Waals surface area contributed by atoms with Gasteiger partial charge in [-0.1, -0.05) is 17.9 Å². The fourth-order valence-corrected chi connectivity index (χ4v) is 3.52. The van der Waals surface area contributed by atoms with Gasteiger partial charge in [0, 0.05) is 0 Å². The molecule has 2 aromatic rings. The molecule has 0 amide bonds. The second-order valence-corrected chi connectivity index (χ2v) is 7.42. The summed E-state index contributed by atoms with van der Waals surface area (Å²) in [7, 11) is 1.55. The van der Waals surface area contributed by atoms with Crippen LogP contribution in [0.1, 0.15) is 21.5 Å². The Labute approximate surface area is 183 Å². The first-order valence-corrected chi connectivity index (χ1v) is 9.92. The third-order valence-corrected chi connectivity index (χ3v) is 5.31. The smallest absolute Gasteiger partial charge is 0.335 e. The third kappa shape index (κ3) is 5.12. The number of carboxylic acids is 1. The minimum atomic E-state index is -1.66. The normalized spacial score (nSPS) is 25.3. The van der Waals surface area contributed by atoms with E-state index in [-0.39, 0.29) is 23.3 Å². The number of rotatable bonds is 8. The summed E-state index contributed by atoms with van der Waals surface area (Å²) in [6.07, 6.45) is -6.88. The number of hydrogen-bond donors (Lipinski definition) is 5. The molecule has 10 nitrogen and oxygen atoms in total. The van der Waals surface area contributed by atoms with Crippen molar-refractivity contribution < 1.29 is 49.6 Å². The molecule has 0 saturated carbocycles. The van der Waals surface area contributed by atoms with Gasteiger partial charge in [0.1, 0.15) is 35.9 Å². The lowest BCUT2D eigenvalue weighted by Crippen LogP contribution is -2.60. The van der Waals surface area contributed by atoms with Crippen molar-refractivity contribution >= 4 is 5.97 Å². The molecule has 1 fully saturated rings. The van der Waals surface area contributed by atoms with Crippen LogP contribution in [0.4, 0.5) is 0 Å². The Bertz CT molecular complexity index is 927. The van der Waals surface area contributed by atoms with Gasteiger partial charge in [0.2, 0.25) is 6.29 Å². The number of carbonyl (C=O) groups is 1. The minimum absolute atomic E-state index is 0.0749. The molecular weight excluding hydrogens is 424 g/mol. The van der Waals surface area contributed by atoms with Crippen LogP contribution in [0.2, 0.25) is 0 Å². The molecule has 32 heavy (non-hydrogen) atoms. The zero-order valence-corrected chi connectivity index (χ0v) is 17.2. The standard InChI is InChI=1S/C22H26O10/c1-30-13-6-3-11(4-7-13)2-5-12-8-14(9-15(24)17(12)21(28)29)31-22-20(27)19(26)18(25)16(10-23)32-22/h3-4,6-9,16,18-20,22-27H,2,5,10H2,1H3,(H,28,29)/p-1/t16-,18-,19+,20-,22-/m1/s1. The maximum atomic E-state index is 12.4. The third-order valence-electron chi connectivity index (χ3n) is 5.31. The fourth-order valence-electron chi connectivity index (χ4n) is 3.52. The van der Waals surface area contributed by atoms with Crippen LogP contribution in [0.15, 0.2) is 36.4 Å². The molecule has 1 aliphatic rings. The molecule has 0 aromatic heterocycles. The van der Waals surface area contributed by atoms with Gasteiger partial charge in [-0.05, 0) is 48.2 Å². The summed E-state index contributed by atoms with van der Waals surface area (Å²) in [4.78, 5) is 11.6. The monoisotopic (exact) mass is 449 g/mol. The molecule has 0 radical (unpaired) electrons. The number of benzene rings is 2. The van der Waals surface area contributed by atoms with E-state index in [0.29, 0.717) is 12.2 Å². The van der Waals surface area contributed by atoms with Gasteiger partial charge in [0.05, 0.1) is 19.3 Å². The van der Waals surface area contributed by atoms with Crippen LogP contribution in [0.25, 0.3) is 0 Å². The van der Waals surface area contributed by atoms with Crippen molar-refractivity contribution in [2.45, 2.75) is 43.5 Å². The summed E-state index contributed by atoms with van der Waals surface area (Å²) >= 11 is 0. The van der Waals surface area contributed by atoms with E-state index in [0.717, 1.165) is 11.6 Å². The van der Waals surface area contributed by atoms with Gasteiger partial charge in [-0.3, -0.25) is 0 Å². The highest BCUT2D eigenvalue weighted by atomic mass is 16.7. The Kier molecular flexibility index (Phi) is 7.54. The van der Waals surface area contributed by atoms with Crippen LogP contribution in [-0.2, 0) is 17.6 Å². The number of carboxylic acid groups (broad SMARTS) is 1. The Morgan fingerprint density at radius 1 is 1.03 bits per heavy atom. The Morgan fingerprint density at radius 3 is 2.31 bits per heavy atom. The topological polar surface area (TPSA) is 169 Å². The molecule has 2 aromatic carbocycles. The van der Waals surface area contributed by atoms with Crippen molar-refractivity contribution in [3.8, 4) is 17.2 Å². The van der Waals surface area contributed by atoms with Crippen LogP contribution < -0.4 is 14.6 Å². The molecule has 1 aliphatic heterocycles. The predicted molar refractivity (Wildman–Crippen MR) is 108 cm³/mol. The fraction of sp³-hybridized carbons (Fsp3) is 0.409. The first-order chi connectivity index (χ1) is 15.2. The molecule has 5 N–H and O–H groups in total. The summed E-state index contributed by atoms with van der Waals surface area (Å²) in [5.41, 5.74) is 0.731. The Hall–Kier alpha value is -2.89. The Balaban J connectivity index is 1.82. The SMILES string of the molecule is COc1ccc(CCc2cc(O[C@@H]3O[C@H](CO)[C@@H](O)[C@H](O)[C@H]3O)cc([O-])c2C(=O)O)cc1. The van der Waals surface area contributed by atoms with Crippen LogP contribution in [0.5, 0.6) is 17.2 Å². The molecule has 0 bridgehead atoms. The van der Waals surface area contributed by atoms with Crippen LogP contribution in [0, 0.1) is 0 Å². The van der Waals surface area contributed by atoms with E-state index in [4.69, 9.17) is 14.2 Å². The van der Waals surface area contributed by atoms with E-state index < -0.39 is 49.0 Å². The van der Waals surface area contributed by atoms with Crippen molar-refractivity contribution in [3.63, 3.8) is 0 Å². The van der Waals surface area contributed by atoms with Crippen LogP contribution in [0.3, 0.4) is 0 Å². The van der Waals surface area contributed by atoms with Crippen LogP contribution in [-0.4, -0.2) is 75.9 Å². The summed E-state index contributed by atoms with van der Waals surface area (Å²) in [6, 6.07) is 9.49. The molecule has 0 spiro atoms. The highest BCUT2D eigenvalue weighted by Gasteiger charge is 2.44. The minimum Gasteiger partial charge on any atom is -0.872 e. The van der Waals surface area contributed by atoms with E-state index in [1.807, 2.05) is 12.1 Å². The van der Waals surface area contributed by atoms with Gasteiger partial charge in [-0.2, -0.15) is 0 Å². The second kappa shape index (κ2) is 10.2. The van der Waals surface area contributed by atoms with Gasteiger partial charge in [0.25, 0.3) is 0 Å². The van der Waals surface area contributed by atoms with Crippen molar-refractivity contribution in [3.05, 3.63) is 53.1 Å². The first kappa shape index (κ1) is 23.8. The van der Waals surface area contributed by atoms with Crippen LogP contribution >= 0.6 is 0 Å². The number of aromatic carboxylic acids is 1. The molecule has 5 atom stereocenters. The number of aryl methyl sites for hydroxylation is 2. The van der Waals surface area contributed by atoms with Gasteiger partial charge >= 0.3 is 5.97 Å². The average Bonchev–Trinajstić information content (AvgIpc) is 2.77. The van der Waals surface area contributed by atoms with E-state index in [9.17, 15) is 35.4 Å². The summed E-state index contributed by atoms with van der Waals surface area (Å²) < 4.78 is 15.9. The van der Waals surface area contributed by atoms with E-state index >= 15 is 0 Å². The zero-order valence-electron chi connectivity index (χ0n) is 17.2. The van der Waals surface area contributed by atoms with Crippen molar-refractivity contribution in [1.29, 1.82) is 0 Å². The van der Waals surface area contributed by atoms with E-state index in [1.54, 1.807) is 19.2 Å². The maximum Gasteiger partial charge on any atom is 0.335 e. The Morgan fingerprint density at radius 2 is 1.72 bits per heavy atom. The van der Waals surface area contributed by atoms with E-state index in [1.165, 1.54) is 6.07 Å². The van der Waals surface area contributed by atoms with Gasteiger partial charge in [-0.15, -0.1) is 0 Å². The van der Waals surface area contributed by atoms with Gasteiger partial charge < -0.3 is 44.8 Å². The highest BCUT2D eigenvalue weighted by Crippen LogP contribution is 2.30. The van der Waals surface area contributed by atoms with Gasteiger partial charge in [-0.25, -0.2) is 4.79 Å². The summed E-state index contributed by atoms with van der Waals surface area (Å²) in [6.45, 7) is -0.636. The summed E-state index contributed by atoms with van der Waals surface area (Å²) in [5, 5.41) is 61.1. The quantitative estimate of drug-likeness (QED) is 0.352. The molecule has 174 valence electrons. The molecule has 10 heteroatoms. The predicted octanol–water partition coefficient (Wildman–Crippen LogP) is -0.569. The average molecular weight is 449 g/mol. The van der Waals surface area contributed by atoms with E-state index in [2.05, 4.69) is 0 Å². The molecule has 1 saturated heterocycles. The second-order valence-electron chi connectivity index (χ2n) is 7.42. The lowest BCUT2D eigenvalue weighted by Gasteiger charge is -2.39. The molecule has 0 unspecified atom stereocenters. The molecule has 1 heterocycles. The molecule has 0 aliphatic carbocycles.